The highest BCUT2D eigenvalue weighted by Crippen LogP contribution is 2.43. The number of H-pyrrole nitrogens is 2. The lowest BCUT2D eigenvalue weighted by Gasteiger charge is -2.24. The summed E-state index contributed by atoms with van der Waals surface area (Å²) in [5.41, 5.74) is 5.30. The molecule has 0 saturated carbocycles. The zero-order valence-electron chi connectivity index (χ0n) is 18.0. The van der Waals surface area contributed by atoms with Gasteiger partial charge >= 0.3 is 0 Å². The van der Waals surface area contributed by atoms with Crippen molar-refractivity contribution in [2.45, 2.75) is 12.5 Å². The van der Waals surface area contributed by atoms with E-state index in [0.717, 1.165) is 40.3 Å². The second-order valence-corrected chi connectivity index (χ2v) is 8.12. The van der Waals surface area contributed by atoms with E-state index in [1.54, 1.807) is 13.4 Å². The molecule has 7 heteroatoms. The van der Waals surface area contributed by atoms with Gasteiger partial charge in [0.15, 0.2) is 0 Å². The SMILES string of the molecule is COc1ccc(-c2n[nH]c3c2[C@H](c2ccco2)N(CCc2c[nH]c4ccccc24)C3=O)cc1. The number of carbonyl (C=O) groups is 1. The van der Waals surface area contributed by atoms with Crippen LogP contribution in [-0.2, 0) is 6.42 Å². The molecule has 1 aliphatic heterocycles. The standard InChI is InChI=1S/C26H22N4O3/c1-32-18-10-8-16(9-11-18)23-22-24(29-28-23)26(31)30(25(22)21-7-4-14-33-21)13-12-17-15-27-20-6-3-2-5-19(17)20/h2-11,14-15,25,27H,12-13H2,1H3,(H,28,29)/t25-/m0/s1. The first-order valence-corrected chi connectivity index (χ1v) is 10.9. The van der Waals surface area contributed by atoms with Gasteiger partial charge in [-0.3, -0.25) is 9.89 Å². The van der Waals surface area contributed by atoms with Crippen LogP contribution >= 0.6 is 0 Å². The Balaban J connectivity index is 1.37. The molecule has 2 aromatic carbocycles. The first kappa shape index (κ1) is 19.4. The molecule has 6 rings (SSSR count). The van der Waals surface area contributed by atoms with Crippen LogP contribution in [0.5, 0.6) is 5.75 Å². The molecule has 1 atom stereocenters. The number of hydrogen-bond donors (Lipinski definition) is 2. The van der Waals surface area contributed by atoms with E-state index in [-0.39, 0.29) is 11.9 Å². The van der Waals surface area contributed by atoms with E-state index in [4.69, 9.17) is 9.15 Å². The fourth-order valence-electron chi connectivity index (χ4n) is 4.72. The van der Waals surface area contributed by atoms with Crippen LogP contribution in [0.4, 0.5) is 0 Å². The predicted octanol–water partition coefficient (Wildman–Crippen LogP) is 4.95. The molecule has 0 bridgehead atoms. The van der Waals surface area contributed by atoms with Crippen molar-refractivity contribution in [3.8, 4) is 17.0 Å². The van der Waals surface area contributed by atoms with Gasteiger partial charge in [-0.15, -0.1) is 0 Å². The molecule has 1 aliphatic rings. The van der Waals surface area contributed by atoms with Gasteiger partial charge in [0.25, 0.3) is 5.91 Å². The minimum Gasteiger partial charge on any atom is -0.497 e. The van der Waals surface area contributed by atoms with Crippen LogP contribution in [0.3, 0.4) is 0 Å². The van der Waals surface area contributed by atoms with E-state index in [2.05, 4.69) is 27.3 Å². The lowest BCUT2D eigenvalue weighted by Crippen LogP contribution is -2.31. The summed E-state index contributed by atoms with van der Waals surface area (Å²) in [7, 11) is 1.64. The quantitative estimate of drug-likeness (QED) is 0.393. The monoisotopic (exact) mass is 438 g/mol. The first-order valence-electron chi connectivity index (χ1n) is 10.9. The van der Waals surface area contributed by atoms with Crippen molar-refractivity contribution in [3.63, 3.8) is 0 Å². The summed E-state index contributed by atoms with van der Waals surface area (Å²) in [6.45, 7) is 0.552. The highest BCUT2D eigenvalue weighted by molar-refractivity contribution is 6.00. The van der Waals surface area contributed by atoms with Crippen molar-refractivity contribution in [3.05, 3.63) is 95.7 Å². The van der Waals surface area contributed by atoms with Gasteiger partial charge in [0, 0.05) is 34.8 Å². The maximum Gasteiger partial charge on any atom is 0.273 e. The zero-order chi connectivity index (χ0) is 22.4. The van der Waals surface area contributed by atoms with Crippen LogP contribution in [0.25, 0.3) is 22.2 Å². The van der Waals surface area contributed by atoms with Crippen molar-refractivity contribution in [1.29, 1.82) is 0 Å². The Morgan fingerprint density at radius 2 is 1.94 bits per heavy atom. The van der Waals surface area contributed by atoms with Crippen LogP contribution in [0, 0.1) is 0 Å². The number of amides is 1. The Labute approximate surface area is 190 Å². The lowest BCUT2D eigenvalue weighted by molar-refractivity contribution is 0.0732. The number of aromatic nitrogens is 3. The van der Waals surface area contributed by atoms with Gasteiger partial charge in [-0.1, -0.05) is 18.2 Å². The van der Waals surface area contributed by atoms with Gasteiger partial charge < -0.3 is 19.0 Å². The van der Waals surface area contributed by atoms with Crippen molar-refractivity contribution in [1.82, 2.24) is 20.1 Å². The van der Waals surface area contributed by atoms with Gasteiger partial charge in [-0.2, -0.15) is 5.10 Å². The highest BCUT2D eigenvalue weighted by atomic mass is 16.5. The number of rotatable bonds is 6. The molecule has 7 nitrogen and oxygen atoms in total. The Morgan fingerprint density at radius 1 is 1.09 bits per heavy atom. The number of ether oxygens (including phenoxy) is 1. The largest absolute Gasteiger partial charge is 0.497 e. The summed E-state index contributed by atoms with van der Waals surface area (Å²) in [6, 6.07) is 19.3. The van der Waals surface area contributed by atoms with Gasteiger partial charge in [0.1, 0.15) is 23.2 Å². The molecule has 2 N–H and O–H groups in total. The summed E-state index contributed by atoms with van der Waals surface area (Å²) in [4.78, 5) is 18.6. The van der Waals surface area contributed by atoms with Crippen molar-refractivity contribution in [2.75, 3.05) is 13.7 Å². The van der Waals surface area contributed by atoms with Gasteiger partial charge in [0.05, 0.1) is 19.1 Å². The number of fused-ring (bicyclic) bond motifs is 2. The first-order chi connectivity index (χ1) is 16.2. The van der Waals surface area contributed by atoms with E-state index >= 15 is 0 Å². The minimum absolute atomic E-state index is 0.0708. The molecule has 0 radical (unpaired) electrons. The fourth-order valence-corrected chi connectivity index (χ4v) is 4.72. The van der Waals surface area contributed by atoms with Crippen molar-refractivity contribution in [2.24, 2.45) is 0 Å². The number of hydrogen-bond acceptors (Lipinski definition) is 4. The molecule has 33 heavy (non-hydrogen) atoms. The number of methoxy groups -OCH3 is 1. The third-order valence-electron chi connectivity index (χ3n) is 6.34. The number of furan rings is 1. The molecule has 0 spiro atoms. The molecule has 0 saturated heterocycles. The average molecular weight is 438 g/mol. The van der Waals surface area contributed by atoms with Crippen molar-refractivity contribution >= 4 is 16.8 Å². The molecule has 1 amide bonds. The summed E-state index contributed by atoms with van der Waals surface area (Å²) in [6.07, 6.45) is 4.39. The van der Waals surface area contributed by atoms with Crippen LogP contribution < -0.4 is 4.74 Å². The second kappa shape index (κ2) is 7.70. The number of carbonyl (C=O) groups excluding carboxylic acids is 1. The molecular formula is C26H22N4O3. The number of benzene rings is 2. The minimum atomic E-state index is -0.344. The Kier molecular flexibility index (Phi) is 4.54. The summed E-state index contributed by atoms with van der Waals surface area (Å²) in [5, 5.41) is 8.67. The van der Waals surface area contributed by atoms with Crippen LogP contribution in [0.15, 0.2) is 77.5 Å². The molecule has 4 heterocycles. The fraction of sp³-hybridized carbons (Fsp3) is 0.154. The number of nitrogens with zero attached hydrogens (tertiary/aromatic N) is 2. The van der Waals surface area contributed by atoms with E-state index in [9.17, 15) is 4.79 Å². The topological polar surface area (TPSA) is 87.2 Å². The summed E-state index contributed by atoms with van der Waals surface area (Å²) >= 11 is 0. The second-order valence-electron chi connectivity index (χ2n) is 8.12. The third kappa shape index (κ3) is 3.12. The smallest absolute Gasteiger partial charge is 0.273 e. The highest BCUT2D eigenvalue weighted by Gasteiger charge is 2.43. The third-order valence-corrected chi connectivity index (χ3v) is 6.34. The lowest BCUT2D eigenvalue weighted by atomic mass is 10.00. The Morgan fingerprint density at radius 3 is 2.73 bits per heavy atom. The average Bonchev–Trinajstić information content (AvgIpc) is 3.64. The molecule has 0 unspecified atom stereocenters. The van der Waals surface area contributed by atoms with Crippen molar-refractivity contribution < 1.29 is 13.9 Å². The number of para-hydroxylation sites is 1. The Bertz CT molecular complexity index is 1430. The van der Waals surface area contributed by atoms with Crippen LogP contribution in [0.2, 0.25) is 0 Å². The van der Waals surface area contributed by atoms with Gasteiger partial charge in [-0.25, -0.2) is 0 Å². The van der Waals surface area contributed by atoms with Crippen LogP contribution in [-0.4, -0.2) is 39.6 Å². The number of nitrogens with one attached hydrogen (secondary N) is 2. The van der Waals surface area contributed by atoms with Gasteiger partial charge in [-0.05, 0) is 54.4 Å². The van der Waals surface area contributed by atoms with E-state index in [1.165, 1.54) is 10.9 Å². The van der Waals surface area contributed by atoms with E-state index < -0.39 is 0 Å². The molecule has 3 aromatic heterocycles. The van der Waals surface area contributed by atoms with E-state index in [1.807, 2.05) is 59.6 Å². The van der Waals surface area contributed by atoms with Crippen LogP contribution in [0.1, 0.15) is 33.4 Å². The van der Waals surface area contributed by atoms with Gasteiger partial charge in [0.2, 0.25) is 0 Å². The molecule has 5 aromatic rings. The molecule has 0 aliphatic carbocycles. The Hall–Kier alpha value is -4.26. The maximum atomic E-state index is 13.5. The maximum absolute atomic E-state index is 13.5. The normalized spacial score (nSPS) is 15.4. The molecule has 0 fully saturated rings. The summed E-state index contributed by atoms with van der Waals surface area (Å²) < 4.78 is 11.1. The molecular weight excluding hydrogens is 416 g/mol. The molecule has 164 valence electrons. The summed E-state index contributed by atoms with van der Waals surface area (Å²) in [5.74, 6) is 1.42. The number of aromatic amines is 2. The zero-order valence-corrected chi connectivity index (χ0v) is 18.0. The predicted molar refractivity (Wildman–Crippen MR) is 124 cm³/mol. The van der Waals surface area contributed by atoms with E-state index in [0.29, 0.717) is 12.2 Å².